The highest BCUT2D eigenvalue weighted by atomic mass is 16.3. The van der Waals surface area contributed by atoms with Gasteiger partial charge in [-0.3, -0.25) is 4.90 Å². The molecule has 4 heteroatoms. The van der Waals surface area contributed by atoms with Gasteiger partial charge in [0, 0.05) is 38.3 Å². The molecular weight excluding hydrogens is 250 g/mol. The number of hydrogen-bond donors (Lipinski definition) is 2. The van der Waals surface area contributed by atoms with Gasteiger partial charge >= 0.3 is 0 Å². The van der Waals surface area contributed by atoms with E-state index in [2.05, 4.69) is 52.5 Å². The zero-order valence-corrected chi connectivity index (χ0v) is 12.6. The lowest BCUT2D eigenvalue weighted by Crippen LogP contribution is -2.48. The van der Waals surface area contributed by atoms with Crippen LogP contribution in [-0.4, -0.2) is 67.8 Å². The van der Waals surface area contributed by atoms with E-state index < -0.39 is 0 Å². The van der Waals surface area contributed by atoms with Crippen LogP contribution in [0.15, 0.2) is 30.3 Å². The van der Waals surface area contributed by atoms with E-state index in [1.807, 2.05) is 7.05 Å². The standard InChI is InChI=1S/C16H27N3O/c1-17-15(13-20)8-9-19-11-10-18(2)12-16(19)14-6-4-3-5-7-14/h3-7,15-17,20H,8-13H2,1-2H3. The van der Waals surface area contributed by atoms with Crippen molar-refractivity contribution in [1.82, 2.24) is 15.1 Å². The Bertz CT molecular complexity index is 381. The molecule has 1 aliphatic rings. The molecule has 0 aromatic heterocycles. The maximum absolute atomic E-state index is 9.29. The van der Waals surface area contributed by atoms with Crippen molar-refractivity contribution in [3.63, 3.8) is 0 Å². The Labute approximate surface area is 122 Å². The summed E-state index contributed by atoms with van der Waals surface area (Å²) in [6.07, 6.45) is 0.986. The molecule has 2 atom stereocenters. The van der Waals surface area contributed by atoms with Crippen molar-refractivity contribution in [2.45, 2.75) is 18.5 Å². The van der Waals surface area contributed by atoms with E-state index >= 15 is 0 Å². The Morgan fingerprint density at radius 1 is 1.30 bits per heavy atom. The van der Waals surface area contributed by atoms with E-state index in [-0.39, 0.29) is 12.6 Å². The molecule has 2 rings (SSSR count). The van der Waals surface area contributed by atoms with Crippen molar-refractivity contribution in [1.29, 1.82) is 0 Å². The zero-order valence-electron chi connectivity index (χ0n) is 12.6. The van der Waals surface area contributed by atoms with Crippen LogP contribution < -0.4 is 5.32 Å². The second-order valence-electron chi connectivity index (χ2n) is 5.68. The summed E-state index contributed by atoms with van der Waals surface area (Å²) in [6.45, 7) is 4.53. The molecule has 1 aliphatic heterocycles. The Hall–Kier alpha value is -0.940. The second kappa shape index (κ2) is 7.74. The first-order valence-electron chi connectivity index (χ1n) is 7.50. The van der Waals surface area contributed by atoms with Gasteiger partial charge in [0.05, 0.1) is 6.61 Å². The van der Waals surface area contributed by atoms with E-state index in [1.165, 1.54) is 5.56 Å². The van der Waals surface area contributed by atoms with Crippen molar-refractivity contribution in [2.75, 3.05) is 46.9 Å². The fourth-order valence-electron chi connectivity index (χ4n) is 2.86. The van der Waals surface area contributed by atoms with Gasteiger partial charge in [-0.15, -0.1) is 0 Å². The predicted molar refractivity (Wildman–Crippen MR) is 82.8 cm³/mol. The molecule has 0 saturated carbocycles. The third kappa shape index (κ3) is 4.03. The van der Waals surface area contributed by atoms with Crippen molar-refractivity contribution in [2.24, 2.45) is 0 Å². The van der Waals surface area contributed by atoms with E-state index in [9.17, 15) is 5.11 Å². The third-order valence-corrected chi connectivity index (χ3v) is 4.27. The topological polar surface area (TPSA) is 38.7 Å². The van der Waals surface area contributed by atoms with E-state index in [0.717, 1.165) is 32.6 Å². The summed E-state index contributed by atoms with van der Waals surface area (Å²) in [6, 6.07) is 11.4. The number of benzene rings is 1. The minimum atomic E-state index is 0.200. The maximum atomic E-state index is 9.29. The Morgan fingerprint density at radius 2 is 2.05 bits per heavy atom. The first-order valence-corrected chi connectivity index (χ1v) is 7.50. The van der Waals surface area contributed by atoms with Gasteiger partial charge in [-0.05, 0) is 26.1 Å². The fraction of sp³-hybridized carbons (Fsp3) is 0.625. The molecule has 0 spiro atoms. The summed E-state index contributed by atoms with van der Waals surface area (Å²) >= 11 is 0. The zero-order chi connectivity index (χ0) is 14.4. The van der Waals surface area contributed by atoms with Crippen LogP contribution in [0.25, 0.3) is 0 Å². The van der Waals surface area contributed by atoms with Crippen molar-refractivity contribution in [3.05, 3.63) is 35.9 Å². The average molecular weight is 277 g/mol. The van der Waals surface area contributed by atoms with Crippen LogP contribution in [0.5, 0.6) is 0 Å². The number of piperazine rings is 1. The highest BCUT2D eigenvalue weighted by molar-refractivity contribution is 5.20. The number of nitrogens with one attached hydrogen (secondary N) is 1. The van der Waals surface area contributed by atoms with Crippen molar-refractivity contribution in [3.8, 4) is 0 Å². The molecule has 0 radical (unpaired) electrons. The molecule has 1 fully saturated rings. The lowest BCUT2D eigenvalue weighted by molar-refractivity contribution is 0.0831. The van der Waals surface area contributed by atoms with E-state index in [4.69, 9.17) is 0 Å². The lowest BCUT2D eigenvalue weighted by Gasteiger charge is -2.40. The molecule has 1 aromatic rings. The molecule has 0 bridgehead atoms. The van der Waals surface area contributed by atoms with Gasteiger partial charge < -0.3 is 15.3 Å². The highest BCUT2D eigenvalue weighted by Crippen LogP contribution is 2.24. The summed E-state index contributed by atoms with van der Waals surface area (Å²) in [5, 5.41) is 12.5. The van der Waals surface area contributed by atoms with Crippen LogP contribution in [-0.2, 0) is 0 Å². The summed E-state index contributed by atoms with van der Waals surface area (Å²) in [5.74, 6) is 0. The monoisotopic (exact) mass is 277 g/mol. The maximum Gasteiger partial charge on any atom is 0.0585 e. The number of nitrogens with zero attached hydrogens (tertiary/aromatic N) is 2. The van der Waals surface area contributed by atoms with Gasteiger partial charge in [0.25, 0.3) is 0 Å². The van der Waals surface area contributed by atoms with Gasteiger partial charge in [-0.25, -0.2) is 0 Å². The number of likely N-dealkylation sites (N-methyl/N-ethyl adjacent to an activating group) is 2. The number of rotatable bonds is 6. The van der Waals surface area contributed by atoms with Crippen LogP contribution in [0.3, 0.4) is 0 Å². The molecule has 2 unspecified atom stereocenters. The smallest absolute Gasteiger partial charge is 0.0585 e. The minimum absolute atomic E-state index is 0.200. The van der Waals surface area contributed by atoms with Crippen molar-refractivity contribution < 1.29 is 5.11 Å². The number of aliphatic hydroxyl groups is 1. The molecule has 0 amide bonds. The van der Waals surface area contributed by atoms with Gasteiger partial charge in [-0.2, -0.15) is 0 Å². The average Bonchev–Trinajstić information content (AvgIpc) is 2.50. The fourth-order valence-corrected chi connectivity index (χ4v) is 2.86. The first kappa shape index (κ1) is 15.4. The summed E-state index contributed by atoms with van der Waals surface area (Å²) in [4.78, 5) is 4.95. The van der Waals surface area contributed by atoms with Gasteiger partial charge in [0.15, 0.2) is 0 Å². The predicted octanol–water partition coefficient (Wildman–Crippen LogP) is 0.946. The summed E-state index contributed by atoms with van der Waals surface area (Å²) in [5.41, 5.74) is 1.39. The van der Waals surface area contributed by atoms with Crippen LogP contribution in [0.2, 0.25) is 0 Å². The van der Waals surface area contributed by atoms with Crippen LogP contribution in [0.1, 0.15) is 18.0 Å². The Balaban J connectivity index is 2.01. The quantitative estimate of drug-likeness (QED) is 0.812. The molecule has 1 heterocycles. The molecule has 2 N–H and O–H groups in total. The van der Waals surface area contributed by atoms with Gasteiger partial charge in [0.2, 0.25) is 0 Å². The van der Waals surface area contributed by atoms with Gasteiger partial charge in [0.1, 0.15) is 0 Å². The molecule has 112 valence electrons. The summed E-state index contributed by atoms with van der Waals surface area (Å²) < 4.78 is 0. The Kier molecular flexibility index (Phi) is 5.98. The van der Waals surface area contributed by atoms with Gasteiger partial charge in [-0.1, -0.05) is 30.3 Å². The van der Waals surface area contributed by atoms with Crippen LogP contribution in [0, 0.1) is 0 Å². The van der Waals surface area contributed by atoms with E-state index in [1.54, 1.807) is 0 Å². The Morgan fingerprint density at radius 3 is 2.70 bits per heavy atom. The summed E-state index contributed by atoms with van der Waals surface area (Å²) in [7, 11) is 4.11. The molecule has 20 heavy (non-hydrogen) atoms. The number of aliphatic hydroxyl groups excluding tert-OH is 1. The molecule has 4 nitrogen and oxygen atoms in total. The normalized spacial score (nSPS) is 22.9. The molecule has 1 saturated heterocycles. The molecule has 1 aromatic carbocycles. The molecular formula is C16H27N3O. The second-order valence-corrected chi connectivity index (χ2v) is 5.68. The van der Waals surface area contributed by atoms with Crippen LogP contribution in [0.4, 0.5) is 0 Å². The van der Waals surface area contributed by atoms with Crippen molar-refractivity contribution >= 4 is 0 Å². The third-order valence-electron chi connectivity index (χ3n) is 4.27. The number of hydrogen-bond acceptors (Lipinski definition) is 4. The largest absolute Gasteiger partial charge is 0.395 e. The lowest BCUT2D eigenvalue weighted by atomic mass is 10.0. The highest BCUT2D eigenvalue weighted by Gasteiger charge is 2.26. The minimum Gasteiger partial charge on any atom is -0.395 e. The molecule has 0 aliphatic carbocycles. The van der Waals surface area contributed by atoms with Crippen LogP contribution >= 0.6 is 0 Å². The van der Waals surface area contributed by atoms with E-state index in [0.29, 0.717) is 6.04 Å². The first-order chi connectivity index (χ1) is 9.74. The SMILES string of the molecule is CNC(CO)CCN1CCN(C)CC1c1ccccc1.